The molecule has 2 unspecified atom stereocenters. The molecule has 0 bridgehead atoms. The number of rotatable bonds is 7. The number of anilines is 1. The van der Waals surface area contributed by atoms with Crippen molar-refractivity contribution in [2.24, 2.45) is 5.92 Å². The Labute approximate surface area is 99.5 Å². The number of nitrogens with one attached hydrogen (secondary N) is 1. The van der Waals surface area contributed by atoms with E-state index in [1.807, 2.05) is 18.2 Å². The predicted octanol–water partition coefficient (Wildman–Crippen LogP) is 3.49. The monoisotopic (exact) mass is 219 g/mol. The van der Waals surface area contributed by atoms with Crippen LogP contribution in [0.2, 0.25) is 0 Å². The van der Waals surface area contributed by atoms with Gasteiger partial charge in [-0.2, -0.15) is 0 Å². The first-order valence-electron chi connectivity index (χ1n) is 6.20. The average molecular weight is 219 g/mol. The fourth-order valence-corrected chi connectivity index (χ4v) is 1.51. The molecule has 1 aromatic rings. The topological polar surface area (TPSA) is 26.1 Å². The van der Waals surface area contributed by atoms with Crippen LogP contribution in [0.1, 0.15) is 33.6 Å². The van der Waals surface area contributed by atoms with Gasteiger partial charge in [0.05, 0.1) is 6.17 Å². The van der Waals surface area contributed by atoms with Gasteiger partial charge in [-0.05, 0) is 31.4 Å². The fourth-order valence-electron chi connectivity index (χ4n) is 1.51. The van der Waals surface area contributed by atoms with Gasteiger partial charge in [0.25, 0.3) is 0 Å². The number of para-hydroxylation sites is 1. The molecule has 0 saturated carbocycles. The summed E-state index contributed by atoms with van der Waals surface area (Å²) < 4.78 is 0. The third-order valence-electron chi connectivity index (χ3n) is 2.87. The third kappa shape index (κ3) is 5.17. The molecule has 0 aromatic heterocycles. The van der Waals surface area contributed by atoms with E-state index in [1.165, 1.54) is 12.8 Å². The fraction of sp³-hybridized carbons (Fsp3) is 0.571. The summed E-state index contributed by atoms with van der Waals surface area (Å²) in [5.41, 5.74) is 1.14. The van der Waals surface area contributed by atoms with Crippen LogP contribution in [0.25, 0.3) is 0 Å². The molecule has 0 spiro atoms. The standard InChI is InChI=1S/C14H23N2/c1-4-12(2)10-11-15-13(3)16-14-8-6-5-7-9-14/h5-9,12-13,16H,4,10-11H2,1-3H3. The van der Waals surface area contributed by atoms with E-state index < -0.39 is 0 Å². The van der Waals surface area contributed by atoms with Crippen LogP contribution < -0.4 is 10.6 Å². The van der Waals surface area contributed by atoms with Crippen molar-refractivity contribution >= 4 is 5.69 Å². The van der Waals surface area contributed by atoms with Crippen LogP contribution in [0.4, 0.5) is 5.69 Å². The summed E-state index contributed by atoms with van der Waals surface area (Å²) >= 11 is 0. The second-order valence-corrected chi connectivity index (χ2v) is 4.39. The van der Waals surface area contributed by atoms with Crippen LogP contribution in [-0.4, -0.2) is 12.7 Å². The predicted molar refractivity (Wildman–Crippen MR) is 70.6 cm³/mol. The Morgan fingerprint density at radius 3 is 2.50 bits per heavy atom. The summed E-state index contributed by atoms with van der Waals surface area (Å²) in [5.74, 6) is 0.785. The highest BCUT2D eigenvalue weighted by Crippen LogP contribution is 2.08. The first kappa shape index (κ1) is 13.0. The number of nitrogens with zero attached hydrogens (tertiary/aromatic N) is 1. The summed E-state index contributed by atoms with van der Waals surface area (Å²) in [6.45, 7) is 7.57. The van der Waals surface area contributed by atoms with Crippen LogP contribution in [0, 0.1) is 5.92 Å². The Morgan fingerprint density at radius 2 is 1.88 bits per heavy atom. The van der Waals surface area contributed by atoms with Gasteiger partial charge in [-0.1, -0.05) is 38.5 Å². The average Bonchev–Trinajstić information content (AvgIpc) is 2.30. The lowest BCUT2D eigenvalue weighted by molar-refractivity contribution is 0.466. The molecule has 1 rings (SSSR count). The molecular formula is C14H23N2. The van der Waals surface area contributed by atoms with E-state index in [9.17, 15) is 0 Å². The second kappa shape index (κ2) is 7.29. The minimum Gasteiger partial charge on any atom is -0.369 e. The van der Waals surface area contributed by atoms with E-state index in [4.69, 9.17) is 0 Å². The van der Waals surface area contributed by atoms with Gasteiger partial charge in [0.15, 0.2) is 0 Å². The van der Waals surface area contributed by atoms with Crippen molar-refractivity contribution in [3.05, 3.63) is 30.3 Å². The van der Waals surface area contributed by atoms with E-state index >= 15 is 0 Å². The quantitative estimate of drug-likeness (QED) is 0.746. The van der Waals surface area contributed by atoms with Crippen LogP contribution in [-0.2, 0) is 0 Å². The molecule has 16 heavy (non-hydrogen) atoms. The van der Waals surface area contributed by atoms with Crippen LogP contribution in [0.5, 0.6) is 0 Å². The molecular weight excluding hydrogens is 196 g/mol. The van der Waals surface area contributed by atoms with E-state index in [2.05, 4.69) is 43.5 Å². The van der Waals surface area contributed by atoms with Gasteiger partial charge in [-0.15, -0.1) is 0 Å². The van der Waals surface area contributed by atoms with Gasteiger partial charge in [-0.25, -0.2) is 5.32 Å². The van der Waals surface area contributed by atoms with Crippen molar-refractivity contribution < 1.29 is 0 Å². The van der Waals surface area contributed by atoms with Gasteiger partial charge in [0.1, 0.15) is 0 Å². The Hall–Kier alpha value is -1.02. The molecule has 1 radical (unpaired) electrons. The maximum atomic E-state index is 4.60. The van der Waals surface area contributed by atoms with E-state index in [-0.39, 0.29) is 6.17 Å². The van der Waals surface area contributed by atoms with Crippen LogP contribution in [0.15, 0.2) is 30.3 Å². The maximum absolute atomic E-state index is 4.60. The zero-order valence-electron chi connectivity index (χ0n) is 10.6. The SMILES string of the molecule is CCC(C)CC[N]C(C)Nc1ccccc1. The Bertz CT molecular complexity index is 271. The van der Waals surface area contributed by atoms with Crippen molar-refractivity contribution in [1.82, 2.24) is 5.32 Å². The molecule has 0 saturated heterocycles. The maximum Gasteiger partial charge on any atom is 0.0899 e. The molecule has 1 aromatic carbocycles. The first-order valence-corrected chi connectivity index (χ1v) is 6.20. The van der Waals surface area contributed by atoms with Gasteiger partial charge >= 0.3 is 0 Å². The number of hydrogen-bond donors (Lipinski definition) is 1. The molecule has 0 amide bonds. The first-order chi connectivity index (χ1) is 7.72. The van der Waals surface area contributed by atoms with Crippen molar-refractivity contribution in [2.75, 3.05) is 11.9 Å². The minimum atomic E-state index is 0.200. The number of hydrogen-bond acceptors (Lipinski definition) is 1. The van der Waals surface area contributed by atoms with Crippen molar-refractivity contribution in [3.63, 3.8) is 0 Å². The molecule has 2 nitrogen and oxygen atoms in total. The van der Waals surface area contributed by atoms with E-state index in [0.717, 1.165) is 18.2 Å². The summed E-state index contributed by atoms with van der Waals surface area (Å²) in [6.07, 6.45) is 2.64. The lowest BCUT2D eigenvalue weighted by Gasteiger charge is -2.16. The second-order valence-electron chi connectivity index (χ2n) is 4.39. The summed E-state index contributed by atoms with van der Waals surface area (Å²) in [6, 6.07) is 10.2. The highest BCUT2D eigenvalue weighted by Gasteiger charge is 2.03. The molecule has 1 N–H and O–H groups in total. The highest BCUT2D eigenvalue weighted by atomic mass is 15.1. The molecule has 0 fully saturated rings. The normalized spacial score (nSPS) is 14.4. The van der Waals surface area contributed by atoms with Crippen molar-refractivity contribution in [1.29, 1.82) is 0 Å². The molecule has 89 valence electrons. The molecule has 0 heterocycles. The lowest BCUT2D eigenvalue weighted by atomic mass is 10.1. The molecule has 0 aliphatic rings. The summed E-state index contributed by atoms with van der Waals surface area (Å²) in [4.78, 5) is 0. The Morgan fingerprint density at radius 1 is 1.19 bits per heavy atom. The molecule has 2 heteroatoms. The van der Waals surface area contributed by atoms with Gasteiger partial charge in [0.2, 0.25) is 0 Å². The Kier molecular flexibility index (Phi) is 5.94. The lowest BCUT2D eigenvalue weighted by Crippen LogP contribution is -2.28. The zero-order chi connectivity index (χ0) is 11.8. The third-order valence-corrected chi connectivity index (χ3v) is 2.87. The molecule has 2 atom stereocenters. The largest absolute Gasteiger partial charge is 0.369 e. The minimum absolute atomic E-state index is 0.200. The van der Waals surface area contributed by atoms with Gasteiger partial charge < -0.3 is 5.32 Å². The highest BCUT2D eigenvalue weighted by molar-refractivity contribution is 5.42. The van der Waals surface area contributed by atoms with E-state index in [0.29, 0.717) is 0 Å². The molecule has 0 aliphatic heterocycles. The Balaban J connectivity index is 2.19. The van der Waals surface area contributed by atoms with Gasteiger partial charge in [0, 0.05) is 12.2 Å². The van der Waals surface area contributed by atoms with Crippen LogP contribution >= 0.6 is 0 Å². The summed E-state index contributed by atoms with van der Waals surface area (Å²) in [7, 11) is 0. The van der Waals surface area contributed by atoms with Crippen LogP contribution in [0.3, 0.4) is 0 Å². The van der Waals surface area contributed by atoms with Crippen molar-refractivity contribution in [3.8, 4) is 0 Å². The zero-order valence-corrected chi connectivity index (χ0v) is 10.6. The summed E-state index contributed by atoms with van der Waals surface area (Å²) in [5, 5.41) is 7.96. The van der Waals surface area contributed by atoms with E-state index in [1.54, 1.807) is 0 Å². The smallest absolute Gasteiger partial charge is 0.0899 e. The number of benzene rings is 1. The molecule has 0 aliphatic carbocycles. The van der Waals surface area contributed by atoms with Gasteiger partial charge in [-0.3, -0.25) is 0 Å². The van der Waals surface area contributed by atoms with Crippen molar-refractivity contribution in [2.45, 2.75) is 39.8 Å².